The van der Waals surface area contributed by atoms with Crippen molar-refractivity contribution in [3.05, 3.63) is 0 Å². The zero-order valence-corrected chi connectivity index (χ0v) is 8.50. The lowest BCUT2D eigenvalue weighted by Gasteiger charge is -2.28. The van der Waals surface area contributed by atoms with E-state index in [0.29, 0.717) is 11.8 Å². The molecule has 0 fully saturated rings. The maximum absolute atomic E-state index is 6.27. The molecular weight excluding hydrogens is 144 g/mol. The van der Waals surface area contributed by atoms with Crippen molar-refractivity contribution in [2.75, 3.05) is 0 Å². The van der Waals surface area contributed by atoms with Gasteiger partial charge in [0.05, 0.1) is 0 Å². The predicted octanol–water partition coefficient (Wildman–Crippen LogP) is 3.69. The molecule has 0 spiro atoms. The Hall–Kier alpha value is 0.290. The van der Waals surface area contributed by atoms with Crippen LogP contribution in [0.5, 0.6) is 0 Å². The van der Waals surface area contributed by atoms with Crippen molar-refractivity contribution in [1.29, 1.82) is 0 Å². The first-order valence-corrected chi connectivity index (χ1v) is 4.43. The molecule has 1 heteroatoms. The SMILES string of the molecule is CC(C)CC(C)(Cl)C(C)C. The van der Waals surface area contributed by atoms with E-state index in [9.17, 15) is 0 Å². The van der Waals surface area contributed by atoms with Crippen LogP contribution in [0.25, 0.3) is 0 Å². The van der Waals surface area contributed by atoms with Gasteiger partial charge >= 0.3 is 0 Å². The fraction of sp³-hybridized carbons (Fsp3) is 1.00. The van der Waals surface area contributed by atoms with Gasteiger partial charge in [-0.15, -0.1) is 11.6 Å². The van der Waals surface area contributed by atoms with Crippen LogP contribution in [-0.4, -0.2) is 4.87 Å². The smallest absolute Gasteiger partial charge is 0.0444 e. The Morgan fingerprint density at radius 3 is 1.70 bits per heavy atom. The fourth-order valence-corrected chi connectivity index (χ4v) is 1.34. The lowest BCUT2D eigenvalue weighted by molar-refractivity contribution is 0.376. The van der Waals surface area contributed by atoms with Gasteiger partial charge in [0.1, 0.15) is 0 Å². The first kappa shape index (κ1) is 10.3. The molecule has 0 aromatic heterocycles. The Balaban J connectivity index is 3.87. The van der Waals surface area contributed by atoms with Crippen molar-refractivity contribution in [1.82, 2.24) is 0 Å². The van der Waals surface area contributed by atoms with Crippen LogP contribution in [0.3, 0.4) is 0 Å². The summed E-state index contributed by atoms with van der Waals surface area (Å²) in [6.45, 7) is 10.9. The van der Waals surface area contributed by atoms with E-state index >= 15 is 0 Å². The molecule has 1 unspecified atom stereocenters. The highest BCUT2D eigenvalue weighted by atomic mass is 35.5. The molecule has 0 aliphatic heterocycles. The number of hydrogen-bond donors (Lipinski definition) is 0. The van der Waals surface area contributed by atoms with Crippen LogP contribution in [0.1, 0.15) is 41.0 Å². The van der Waals surface area contributed by atoms with Gasteiger partial charge in [-0.1, -0.05) is 27.7 Å². The van der Waals surface area contributed by atoms with E-state index in [0.717, 1.165) is 6.42 Å². The van der Waals surface area contributed by atoms with Gasteiger partial charge in [-0.2, -0.15) is 0 Å². The minimum atomic E-state index is -0.00579. The fourth-order valence-electron chi connectivity index (χ4n) is 1.03. The van der Waals surface area contributed by atoms with E-state index < -0.39 is 0 Å². The topological polar surface area (TPSA) is 0 Å². The average molecular weight is 163 g/mol. The van der Waals surface area contributed by atoms with Gasteiger partial charge in [0, 0.05) is 4.87 Å². The Labute approximate surface area is 70.0 Å². The molecule has 1 atom stereocenters. The van der Waals surface area contributed by atoms with E-state index in [4.69, 9.17) is 11.6 Å². The van der Waals surface area contributed by atoms with Gasteiger partial charge < -0.3 is 0 Å². The first-order valence-electron chi connectivity index (χ1n) is 4.05. The van der Waals surface area contributed by atoms with E-state index in [1.807, 2.05) is 0 Å². The molecule has 0 radical (unpaired) electrons. The summed E-state index contributed by atoms with van der Waals surface area (Å²) in [6, 6.07) is 0. The number of halogens is 1. The molecule has 0 aliphatic carbocycles. The summed E-state index contributed by atoms with van der Waals surface area (Å²) in [6.07, 6.45) is 1.10. The van der Waals surface area contributed by atoms with Crippen LogP contribution in [0.4, 0.5) is 0 Å². The molecule has 0 aromatic carbocycles. The van der Waals surface area contributed by atoms with E-state index in [2.05, 4.69) is 34.6 Å². The van der Waals surface area contributed by atoms with Crippen LogP contribution in [0.2, 0.25) is 0 Å². The molecule has 0 N–H and O–H groups in total. The molecule has 10 heavy (non-hydrogen) atoms. The average Bonchev–Trinajstić information content (AvgIpc) is 1.60. The van der Waals surface area contributed by atoms with Crippen molar-refractivity contribution in [2.24, 2.45) is 11.8 Å². The predicted molar refractivity (Wildman–Crippen MR) is 48.6 cm³/mol. The first-order chi connectivity index (χ1) is 4.36. The zero-order valence-electron chi connectivity index (χ0n) is 7.74. The summed E-state index contributed by atoms with van der Waals surface area (Å²) < 4.78 is 0. The molecule has 0 aromatic rings. The second-order valence-electron chi connectivity index (χ2n) is 4.03. The molecule has 0 saturated heterocycles. The molecule has 0 amide bonds. The standard InChI is InChI=1S/C9H19Cl/c1-7(2)6-9(5,10)8(3)4/h7-8H,6H2,1-5H3. The van der Waals surface area contributed by atoms with Gasteiger partial charge in [-0.05, 0) is 25.2 Å². The summed E-state index contributed by atoms with van der Waals surface area (Å²) >= 11 is 6.27. The Kier molecular flexibility index (Phi) is 3.72. The van der Waals surface area contributed by atoms with Gasteiger partial charge in [0.15, 0.2) is 0 Å². The van der Waals surface area contributed by atoms with Crippen LogP contribution in [0, 0.1) is 11.8 Å². The lowest BCUT2D eigenvalue weighted by atomic mass is 9.88. The van der Waals surface area contributed by atoms with E-state index in [1.54, 1.807) is 0 Å². The highest BCUT2D eigenvalue weighted by molar-refractivity contribution is 6.23. The summed E-state index contributed by atoms with van der Waals surface area (Å²) in [4.78, 5) is -0.00579. The Morgan fingerprint density at radius 2 is 1.60 bits per heavy atom. The van der Waals surface area contributed by atoms with Crippen molar-refractivity contribution in [3.63, 3.8) is 0 Å². The Morgan fingerprint density at radius 1 is 1.20 bits per heavy atom. The summed E-state index contributed by atoms with van der Waals surface area (Å²) in [5.41, 5.74) is 0. The Bertz CT molecular complexity index is 92.9. The quantitative estimate of drug-likeness (QED) is 0.556. The third kappa shape index (κ3) is 3.46. The normalized spacial score (nSPS) is 18.0. The van der Waals surface area contributed by atoms with Crippen LogP contribution < -0.4 is 0 Å². The van der Waals surface area contributed by atoms with Gasteiger partial charge in [-0.3, -0.25) is 0 Å². The minimum Gasteiger partial charge on any atom is -0.119 e. The number of rotatable bonds is 3. The molecule has 0 rings (SSSR count). The highest BCUT2D eigenvalue weighted by Crippen LogP contribution is 2.31. The van der Waals surface area contributed by atoms with Crippen LogP contribution in [0.15, 0.2) is 0 Å². The molecule has 0 aliphatic rings. The van der Waals surface area contributed by atoms with Crippen molar-refractivity contribution >= 4 is 11.6 Å². The molecule has 62 valence electrons. The molecule has 0 heterocycles. The monoisotopic (exact) mass is 162 g/mol. The second kappa shape index (κ2) is 3.61. The highest BCUT2D eigenvalue weighted by Gasteiger charge is 2.25. The summed E-state index contributed by atoms with van der Waals surface area (Å²) in [5, 5.41) is 0. The van der Waals surface area contributed by atoms with Crippen LogP contribution >= 0.6 is 11.6 Å². The van der Waals surface area contributed by atoms with Crippen molar-refractivity contribution in [3.8, 4) is 0 Å². The van der Waals surface area contributed by atoms with Crippen molar-refractivity contribution in [2.45, 2.75) is 45.9 Å². The maximum Gasteiger partial charge on any atom is 0.0444 e. The largest absolute Gasteiger partial charge is 0.119 e. The molecule has 0 bridgehead atoms. The van der Waals surface area contributed by atoms with Gasteiger partial charge in [-0.25, -0.2) is 0 Å². The number of hydrogen-bond acceptors (Lipinski definition) is 0. The van der Waals surface area contributed by atoms with E-state index in [-0.39, 0.29) is 4.87 Å². The van der Waals surface area contributed by atoms with Gasteiger partial charge in [0.25, 0.3) is 0 Å². The summed E-state index contributed by atoms with van der Waals surface area (Å²) in [5.74, 6) is 1.27. The third-order valence-electron chi connectivity index (χ3n) is 2.01. The molecule has 0 saturated carbocycles. The molecule has 0 nitrogen and oxygen atoms in total. The molecular formula is C9H19Cl. The summed E-state index contributed by atoms with van der Waals surface area (Å²) in [7, 11) is 0. The maximum atomic E-state index is 6.27. The third-order valence-corrected chi connectivity index (χ3v) is 2.60. The van der Waals surface area contributed by atoms with E-state index in [1.165, 1.54) is 0 Å². The minimum absolute atomic E-state index is 0.00579. The van der Waals surface area contributed by atoms with Crippen molar-refractivity contribution < 1.29 is 0 Å². The van der Waals surface area contributed by atoms with Gasteiger partial charge in [0.2, 0.25) is 0 Å². The zero-order chi connectivity index (χ0) is 8.36. The second-order valence-corrected chi connectivity index (χ2v) is 4.89. The number of alkyl halides is 1. The van der Waals surface area contributed by atoms with Crippen LogP contribution in [-0.2, 0) is 0 Å². The lowest BCUT2D eigenvalue weighted by Crippen LogP contribution is -2.25.